The van der Waals surface area contributed by atoms with E-state index in [-0.39, 0.29) is 6.61 Å². The molecule has 0 amide bonds. The molecule has 0 spiro atoms. The molecule has 0 aromatic carbocycles. The minimum absolute atomic E-state index is 0.204. The molecule has 0 fully saturated rings. The average Bonchev–Trinajstić information content (AvgIpc) is 1.66. The van der Waals surface area contributed by atoms with Crippen LogP contribution in [0, 0.1) is 0 Å². The molecule has 0 bridgehead atoms. The van der Waals surface area contributed by atoms with Gasteiger partial charge in [-0.05, 0) is 13.0 Å². The Labute approximate surface area is 49.8 Å². The summed E-state index contributed by atoms with van der Waals surface area (Å²) < 4.78 is 23.5. The van der Waals surface area contributed by atoms with Crippen molar-refractivity contribution in [2.45, 2.75) is 6.42 Å². The molecule has 0 unspecified atom stereocenters. The maximum absolute atomic E-state index is 9.65. The van der Waals surface area contributed by atoms with Crippen molar-refractivity contribution in [2.24, 2.45) is 5.73 Å². The molecule has 4 nitrogen and oxygen atoms in total. The van der Waals surface area contributed by atoms with E-state index in [1.807, 2.05) is 0 Å². The van der Waals surface area contributed by atoms with Gasteiger partial charge in [-0.1, -0.05) is 0 Å². The Bertz CT molecular complexity index is 103. The van der Waals surface area contributed by atoms with Crippen LogP contribution in [0.4, 0.5) is 0 Å². The zero-order chi connectivity index (χ0) is 6.41. The van der Waals surface area contributed by atoms with Gasteiger partial charge in [0, 0.05) is 0 Å². The lowest BCUT2D eigenvalue weighted by atomic mass is 10.5. The third-order valence-electron chi connectivity index (χ3n) is 0.545. The molecule has 0 atom stereocenters. The minimum atomic E-state index is -2.67. The van der Waals surface area contributed by atoms with Crippen LogP contribution in [0.1, 0.15) is 6.42 Å². The largest absolute Gasteiger partial charge is 0.330 e. The van der Waals surface area contributed by atoms with E-state index in [0.29, 0.717) is 13.0 Å². The van der Waals surface area contributed by atoms with E-state index in [0.717, 1.165) is 0 Å². The van der Waals surface area contributed by atoms with E-state index in [1.54, 1.807) is 0 Å². The quantitative estimate of drug-likeness (QED) is 0.382. The van der Waals surface area contributed by atoms with Crippen LogP contribution in [-0.4, -0.2) is 21.6 Å². The van der Waals surface area contributed by atoms with Gasteiger partial charge in [0.25, 0.3) is 11.0 Å². The Kier molecular flexibility index (Phi) is 4.93. The van der Waals surface area contributed by atoms with E-state index in [1.165, 1.54) is 0 Å². The molecule has 0 aliphatic rings. The number of hydrogen-bond donors (Lipinski definition) is 2. The van der Waals surface area contributed by atoms with Gasteiger partial charge in [0.15, 0.2) is 0 Å². The van der Waals surface area contributed by atoms with Crippen molar-refractivity contribution in [2.75, 3.05) is 13.2 Å². The van der Waals surface area contributed by atoms with E-state index >= 15 is 0 Å². The van der Waals surface area contributed by atoms with Crippen molar-refractivity contribution in [3.05, 3.63) is 0 Å². The molecule has 0 radical (unpaired) electrons. The number of hydrogen-bond acceptors (Lipinski definition) is 4. The second-order valence-corrected chi connectivity index (χ2v) is 1.90. The van der Waals surface area contributed by atoms with Crippen molar-refractivity contribution >= 4 is 11.0 Å². The van der Waals surface area contributed by atoms with Crippen LogP contribution < -0.4 is 5.73 Å². The first kappa shape index (κ1) is 7.87. The molecule has 5 heteroatoms. The average molecular weight is 139 g/mol. The van der Waals surface area contributed by atoms with E-state index < -0.39 is 11.0 Å². The van der Waals surface area contributed by atoms with E-state index in [4.69, 9.17) is 5.73 Å². The van der Waals surface area contributed by atoms with Gasteiger partial charge in [0.1, 0.15) is 0 Å². The van der Waals surface area contributed by atoms with Gasteiger partial charge < -0.3 is 5.73 Å². The van der Waals surface area contributed by atoms with Crippen LogP contribution in [0.15, 0.2) is 0 Å². The Hall–Kier alpha value is -0.130. The first-order valence-electron chi connectivity index (χ1n) is 2.24. The summed E-state index contributed by atoms with van der Waals surface area (Å²) in [6.45, 7) is 0.665. The van der Waals surface area contributed by atoms with Gasteiger partial charge in [0.05, 0.1) is 6.61 Å². The maximum atomic E-state index is 9.65. The Balaban J connectivity index is 2.94. The molecule has 2 N–H and O–H groups in total. The van der Waals surface area contributed by atoms with Crippen molar-refractivity contribution in [1.29, 1.82) is 0 Å². The second kappa shape index (κ2) is 5.02. The molecule has 0 aromatic heterocycles. The van der Waals surface area contributed by atoms with Gasteiger partial charge >= 0.3 is 0 Å². The number of rotatable bonds is 4. The molecule has 0 aliphatic heterocycles. The molecule has 0 aromatic rings. The van der Waals surface area contributed by atoms with Gasteiger partial charge in [-0.25, -0.2) is 8.42 Å². The lowest BCUT2D eigenvalue weighted by molar-refractivity contribution is 0.329. The van der Waals surface area contributed by atoms with Gasteiger partial charge in [-0.2, -0.15) is 0 Å². The normalized spacial score (nSPS) is 10.2. The fraction of sp³-hybridized carbons (Fsp3) is 1.00. The summed E-state index contributed by atoms with van der Waals surface area (Å²) in [4.78, 5) is 0. The predicted molar refractivity (Wildman–Crippen MR) is 29.9 cm³/mol. The topological polar surface area (TPSA) is 69.4 Å². The lowest BCUT2D eigenvalue weighted by Crippen LogP contribution is -2.03. The summed E-state index contributed by atoms with van der Waals surface area (Å²) in [5.41, 5.74) is 5.04. The van der Waals surface area contributed by atoms with E-state index in [2.05, 4.69) is 4.18 Å². The molecular weight excluding hydrogens is 130 g/mol. The van der Waals surface area contributed by atoms with Crippen molar-refractivity contribution in [3.8, 4) is 0 Å². The van der Waals surface area contributed by atoms with Crippen LogP contribution in [0.25, 0.3) is 0 Å². The summed E-state index contributed by atoms with van der Waals surface area (Å²) in [7, 11) is -2.67. The second-order valence-electron chi connectivity index (χ2n) is 1.20. The highest BCUT2D eigenvalue weighted by Gasteiger charge is 1.83. The summed E-state index contributed by atoms with van der Waals surface area (Å²) in [5.74, 6) is 0. The fourth-order valence-corrected chi connectivity index (χ4v) is 0.501. The number of thiol groups is 1. The highest BCUT2D eigenvalue weighted by Crippen LogP contribution is 1.76. The Morgan fingerprint density at radius 1 is 1.50 bits per heavy atom. The van der Waals surface area contributed by atoms with Crippen LogP contribution >= 0.6 is 0 Å². The standard InChI is InChI=1S/C3H9NO3S/c4-2-1-3-7-8(5)6/h8H,1-4H2. The minimum Gasteiger partial charge on any atom is -0.330 e. The SMILES string of the molecule is NCCCO[SH](=O)=O. The molecular formula is C3H9NO3S. The molecule has 8 heavy (non-hydrogen) atoms. The van der Waals surface area contributed by atoms with Gasteiger partial charge in [-0.3, -0.25) is 4.18 Å². The van der Waals surface area contributed by atoms with Crippen LogP contribution in [0.5, 0.6) is 0 Å². The first-order chi connectivity index (χ1) is 3.77. The summed E-state index contributed by atoms with van der Waals surface area (Å²) in [6.07, 6.45) is 0.587. The van der Waals surface area contributed by atoms with E-state index in [9.17, 15) is 8.42 Å². The zero-order valence-electron chi connectivity index (χ0n) is 4.37. The number of nitrogens with two attached hydrogens (primary N) is 1. The monoisotopic (exact) mass is 139 g/mol. The summed E-state index contributed by atoms with van der Waals surface area (Å²) in [5, 5.41) is 0. The maximum Gasteiger partial charge on any atom is 0.257 e. The molecule has 0 heterocycles. The molecule has 0 aliphatic carbocycles. The first-order valence-corrected chi connectivity index (χ1v) is 3.34. The lowest BCUT2D eigenvalue weighted by Gasteiger charge is -1.89. The fourth-order valence-electron chi connectivity index (χ4n) is 0.222. The molecule has 0 saturated heterocycles. The molecule has 0 saturated carbocycles. The Morgan fingerprint density at radius 3 is 2.50 bits per heavy atom. The van der Waals surface area contributed by atoms with Crippen LogP contribution in [0.3, 0.4) is 0 Å². The van der Waals surface area contributed by atoms with Crippen LogP contribution in [0.2, 0.25) is 0 Å². The zero-order valence-corrected chi connectivity index (χ0v) is 5.27. The smallest absolute Gasteiger partial charge is 0.257 e. The molecule has 0 rings (SSSR count). The summed E-state index contributed by atoms with van der Waals surface area (Å²) in [6, 6.07) is 0. The highest BCUT2D eigenvalue weighted by molar-refractivity contribution is 7.67. The van der Waals surface area contributed by atoms with Crippen molar-refractivity contribution in [3.63, 3.8) is 0 Å². The third kappa shape index (κ3) is 5.87. The van der Waals surface area contributed by atoms with Gasteiger partial charge in [-0.15, -0.1) is 0 Å². The predicted octanol–water partition coefficient (Wildman–Crippen LogP) is -1.12. The summed E-state index contributed by atoms with van der Waals surface area (Å²) >= 11 is 0. The highest BCUT2D eigenvalue weighted by atomic mass is 32.2. The van der Waals surface area contributed by atoms with Crippen molar-refractivity contribution < 1.29 is 12.6 Å². The Morgan fingerprint density at radius 2 is 2.12 bits per heavy atom. The van der Waals surface area contributed by atoms with Crippen molar-refractivity contribution in [1.82, 2.24) is 0 Å². The third-order valence-corrected chi connectivity index (χ3v) is 0.939. The molecule has 50 valence electrons. The van der Waals surface area contributed by atoms with Gasteiger partial charge in [0.2, 0.25) is 0 Å². The van der Waals surface area contributed by atoms with Crippen LogP contribution in [-0.2, 0) is 15.2 Å².